The molecule has 0 aliphatic carbocycles. The fourth-order valence-corrected chi connectivity index (χ4v) is 3.61. The maximum Gasteiger partial charge on any atom is 0.254 e. The van der Waals surface area contributed by atoms with Crippen LogP contribution in [0.3, 0.4) is 0 Å². The third kappa shape index (κ3) is 5.21. The van der Waals surface area contributed by atoms with Crippen LogP contribution >= 0.6 is 0 Å². The molecule has 1 fully saturated rings. The van der Waals surface area contributed by atoms with Gasteiger partial charge in [0.05, 0.1) is 26.2 Å². The Kier molecular flexibility index (Phi) is 6.17. The lowest BCUT2D eigenvalue weighted by molar-refractivity contribution is -0.917. The molecule has 4 rings (SSSR count). The van der Waals surface area contributed by atoms with E-state index in [1.54, 1.807) is 0 Å². The van der Waals surface area contributed by atoms with Crippen LogP contribution in [-0.2, 0) is 13.2 Å². The fourth-order valence-electron chi connectivity index (χ4n) is 3.61. The van der Waals surface area contributed by atoms with E-state index in [9.17, 15) is 4.79 Å². The first-order chi connectivity index (χ1) is 14.3. The summed E-state index contributed by atoms with van der Waals surface area (Å²) >= 11 is 0. The molecule has 0 spiro atoms. The summed E-state index contributed by atoms with van der Waals surface area (Å²) in [5, 5.41) is 0. The summed E-state index contributed by atoms with van der Waals surface area (Å²) in [5.41, 5.74) is 3.13. The maximum absolute atomic E-state index is 12.8. The Bertz CT molecular complexity index is 906. The average molecular weight is 388 g/mol. The summed E-state index contributed by atoms with van der Waals surface area (Å²) in [6.45, 7) is 5.00. The number of quaternary nitrogens is 1. The number of pyridine rings is 1. The predicted molar refractivity (Wildman–Crippen MR) is 112 cm³/mol. The minimum atomic E-state index is 0.0996. The van der Waals surface area contributed by atoms with E-state index in [1.807, 2.05) is 71.9 Å². The van der Waals surface area contributed by atoms with Gasteiger partial charge in [0, 0.05) is 23.5 Å². The normalized spacial score (nSPS) is 14.6. The lowest BCUT2D eigenvalue weighted by atomic mass is 10.1. The molecule has 1 aliphatic heterocycles. The van der Waals surface area contributed by atoms with Gasteiger partial charge in [-0.05, 0) is 42.0 Å². The van der Waals surface area contributed by atoms with E-state index in [-0.39, 0.29) is 5.91 Å². The highest BCUT2D eigenvalue weighted by atomic mass is 16.5. The second kappa shape index (κ2) is 9.34. The van der Waals surface area contributed by atoms with E-state index in [1.165, 1.54) is 10.5 Å². The molecule has 0 unspecified atom stereocenters. The van der Waals surface area contributed by atoms with Crippen molar-refractivity contribution < 1.29 is 14.4 Å². The number of ether oxygens (including phenoxy) is 1. The van der Waals surface area contributed by atoms with Crippen LogP contribution in [0.5, 0.6) is 5.75 Å². The van der Waals surface area contributed by atoms with Gasteiger partial charge >= 0.3 is 0 Å². The van der Waals surface area contributed by atoms with E-state index < -0.39 is 0 Å². The lowest BCUT2D eigenvalue weighted by Crippen LogP contribution is -3.13. The van der Waals surface area contributed by atoms with E-state index >= 15 is 0 Å². The molecular formula is C24H26N3O2+. The van der Waals surface area contributed by atoms with Crippen LogP contribution in [-0.4, -0.2) is 42.0 Å². The molecule has 3 aromatic rings. The summed E-state index contributed by atoms with van der Waals surface area (Å²) in [7, 11) is 0. The van der Waals surface area contributed by atoms with Crippen LogP contribution in [0.4, 0.5) is 0 Å². The molecule has 1 amide bonds. The maximum atomic E-state index is 12.8. The molecule has 29 heavy (non-hydrogen) atoms. The summed E-state index contributed by atoms with van der Waals surface area (Å²) < 4.78 is 5.81. The standard InChI is InChI=1S/C24H25N3O2/c28-24(27-16-14-26(15-17-27)18-20-10-12-25-13-11-20)22-6-8-23(9-7-22)29-19-21-4-2-1-3-5-21/h1-13H,14-19H2/p+1. The molecule has 1 N–H and O–H groups in total. The van der Waals surface area contributed by atoms with Gasteiger partial charge in [0.15, 0.2) is 0 Å². The molecule has 1 aliphatic rings. The van der Waals surface area contributed by atoms with E-state index in [0.29, 0.717) is 6.61 Å². The zero-order valence-corrected chi connectivity index (χ0v) is 16.5. The number of nitrogens with zero attached hydrogens (tertiary/aromatic N) is 2. The summed E-state index contributed by atoms with van der Waals surface area (Å²) in [6, 6.07) is 21.7. The first-order valence-electron chi connectivity index (χ1n) is 10.1. The number of aromatic nitrogens is 1. The number of hydrogen-bond acceptors (Lipinski definition) is 3. The Hall–Kier alpha value is -3.18. The molecular weight excluding hydrogens is 362 g/mol. The molecule has 1 saturated heterocycles. The van der Waals surface area contributed by atoms with Crippen LogP contribution in [0.15, 0.2) is 79.1 Å². The number of carbonyl (C=O) groups is 1. The molecule has 5 nitrogen and oxygen atoms in total. The molecule has 0 saturated carbocycles. The predicted octanol–water partition coefficient (Wildman–Crippen LogP) is 2.20. The van der Waals surface area contributed by atoms with Gasteiger partial charge in [-0.25, -0.2) is 0 Å². The highest BCUT2D eigenvalue weighted by molar-refractivity contribution is 5.94. The van der Waals surface area contributed by atoms with Crippen molar-refractivity contribution in [3.8, 4) is 5.75 Å². The van der Waals surface area contributed by atoms with Crippen molar-refractivity contribution in [2.45, 2.75) is 13.2 Å². The molecule has 5 heteroatoms. The average Bonchev–Trinajstić information content (AvgIpc) is 2.79. The number of piperazine rings is 1. The first kappa shape index (κ1) is 19.2. The van der Waals surface area contributed by atoms with Gasteiger partial charge in [-0.15, -0.1) is 0 Å². The van der Waals surface area contributed by atoms with Crippen LogP contribution in [0.2, 0.25) is 0 Å². The topological polar surface area (TPSA) is 46.9 Å². The zero-order chi connectivity index (χ0) is 19.9. The molecule has 2 heterocycles. The Morgan fingerprint density at radius 2 is 1.59 bits per heavy atom. The zero-order valence-electron chi connectivity index (χ0n) is 16.5. The van der Waals surface area contributed by atoms with Gasteiger partial charge in [-0.2, -0.15) is 0 Å². The van der Waals surface area contributed by atoms with Crippen LogP contribution in [0, 0.1) is 0 Å². The van der Waals surface area contributed by atoms with Crippen molar-refractivity contribution in [1.29, 1.82) is 0 Å². The highest BCUT2D eigenvalue weighted by Crippen LogP contribution is 2.15. The van der Waals surface area contributed by atoms with Crippen LogP contribution in [0.1, 0.15) is 21.5 Å². The molecule has 0 atom stereocenters. The van der Waals surface area contributed by atoms with Crippen molar-refractivity contribution in [3.63, 3.8) is 0 Å². The van der Waals surface area contributed by atoms with Gasteiger partial charge in [0.1, 0.15) is 18.9 Å². The van der Waals surface area contributed by atoms with Gasteiger partial charge in [0.2, 0.25) is 0 Å². The number of benzene rings is 2. The first-order valence-corrected chi connectivity index (χ1v) is 10.1. The van der Waals surface area contributed by atoms with Gasteiger partial charge in [0.25, 0.3) is 5.91 Å². The largest absolute Gasteiger partial charge is 0.489 e. The molecule has 0 radical (unpaired) electrons. The van der Waals surface area contributed by atoms with Crippen molar-refractivity contribution in [2.75, 3.05) is 26.2 Å². The number of amides is 1. The van der Waals surface area contributed by atoms with Crippen molar-refractivity contribution in [1.82, 2.24) is 9.88 Å². The second-order valence-electron chi connectivity index (χ2n) is 7.37. The number of carbonyl (C=O) groups excluding carboxylic acids is 1. The quantitative estimate of drug-likeness (QED) is 0.704. The SMILES string of the molecule is O=C(c1ccc(OCc2ccccc2)cc1)N1CC[NH+](Cc2ccncc2)CC1. The Labute approximate surface area is 171 Å². The Balaban J connectivity index is 1.27. The highest BCUT2D eigenvalue weighted by Gasteiger charge is 2.24. The molecule has 0 bridgehead atoms. The van der Waals surface area contributed by atoms with Gasteiger partial charge in [-0.1, -0.05) is 30.3 Å². The van der Waals surface area contributed by atoms with Crippen molar-refractivity contribution in [2.24, 2.45) is 0 Å². The summed E-state index contributed by atoms with van der Waals surface area (Å²) in [5.74, 6) is 0.875. The summed E-state index contributed by atoms with van der Waals surface area (Å²) in [4.78, 5) is 20.4. The van der Waals surface area contributed by atoms with Crippen molar-refractivity contribution >= 4 is 5.91 Å². The van der Waals surface area contributed by atoms with Crippen LogP contribution in [0.25, 0.3) is 0 Å². The molecule has 2 aromatic carbocycles. The van der Waals surface area contributed by atoms with Gasteiger partial charge < -0.3 is 14.5 Å². The minimum Gasteiger partial charge on any atom is -0.489 e. The molecule has 1 aromatic heterocycles. The van der Waals surface area contributed by atoms with Gasteiger partial charge in [-0.3, -0.25) is 9.78 Å². The van der Waals surface area contributed by atoms with Crippen LogP contribution < -0.4 is 9.64 Å². The number of nitrogens with one attached hydrogen (secondary N) is 1. The third-order valence-corrected chi connectivity index (χ3v) is 5.31. The van der Waals surface area contributed by atoms with E-state index in [2.05, 4.69) is 17.1 Å². The van der Waals surface area contributed by atoms with E-state index in [4.69, 9.17) is 4.74 Å². The third-order valence-electron chi connectivity index (χ3n) is 5.31. The number of rotatable bonds is 6. The monoisotopic (exact) mass is 388 g/mol. The van der Waals surface area contributed by atoms with Crippen molar-refractivity contribution in [3.05, 3.63) is 95.8 Å². The second-order valence-corrected chi connectivity index (χ2v) is 7.37. The smallest absolute Gasteiger partial charge is 0.254 e. The lowest BCUT2D eigenvalue weighted by Gasteiger charge is -2.32. The Morgan fingerprint density at radius 3 is 2.28 bits per heavy atom. The summed E-state index contributed by atoms with van der Waals surface area (Å²) in [6.07, 6.45) is 3.67. The Morgan fingerprint density at radius 1 is 0.897 bits per heavy atom. The van der Waals surface area contributed by atoms with E-state index in [0.717, 1.165) is 49.6 Å². The number of hydrogen-bond donors (Lipinski definition) is 1. The molecule has 148 valence electrons. The fraction of sp³-hybridized carbons (Fsp3) is 0.250. The minimum absolute atomic E-state index is 0.0996.